The molecule has 1 aliphatic carbocycles. The maximum absolute atomic E-state index is 12.0. The highest BCUT2D eigenvalue weighted by Crippen LogP contribution is 2.18. The molecule has 0 radical (unpaired) electrons. The van der Waals surface area contributed by atoms with Crippen molar-refractivity contribution >= 4 is 11.4 Å². The summed E-state index contributed by atoms with van der Waals surface area (Å²) in [5, 5.41) is 13.4. The van der Waals surface area contributed by atoms with Crippen LogP contribution in [0.5, 0.6) is 0 Å². The van der Waals surface area contributed by atoms with E-state index in [0.29, 0.717) is 24.5 Å². The quantitative estimate of drug-likeness (QED) is 0.229. The molecule has 0 saturated heterocycles. The van der Waals surface area contributed by atoms with E-state index in [9.17, 15) is 9.59 Å². The Balaban J connectivity index is 1.15. The Bertz CT molecular complexity index is 1080. The molecule has 7 nitrogen and oxygen atoms in total. The summed E-state index contributed by atoms with van der Waals surface area (Å²) in [6, 6.07) is 14.6. The Labute approximate surface area is 201 Å². The lowest BCUT2D eigenvalue weighted by molar-refractivity contribution is 0.371. The minimum atomic E-state index is -0.478. The third-order valence-electron chi connectivity index (χ3n) is 6.47. The Morgan fingerprint density at radius 3 is 2.12 bits per heavy atom. The van der Waals surface area contributed by atoms with E-state index in [4.69, 9.17) is 0 Å². The lowest BCUT2D eigenvalue weighted by Gasteiger charge is -2.22. The highest BCUT2D eigenvalue weighted by atomic mass is 16.2. The van der Waals surface area contributed by atoms with Crippen LogP contribution in [0.2, 0.25) is 0 Å². The molecule has 1 saturated carbocycles. The van der Waals surface area contributed by atoms with Crippen molar-refractivity contribution in [1.29, 1.82) is 0 Å². The van der Waals surface area contributed by atoms with Gasteiger partial charge in [-0.2, -0.15) is 0 Å². The number of aromatic nitrogens is 1. The van der Waals surface area contributed by atoms with Gasteiger partial charge in [-0.15, -0.1) is 0 Å². The Morgan fingerprint density at radius 1 is 0.765 bits per heavy atom. The van der Waals surface area contributed by atoms with Crippen molar-refractivity contribution in [1.82, 2.24) is 15.6 Å². The number of nitrogens with one attached hydrogen (secondary N) is 4. The van der Waals surface area contributed by atoms with E-state index in [2.05, 4.69) is 50.5 Å². The van der Waals surface area contributed by atoms with Gasteiger partial charge in [-0.3, -0.25) is 14.6 Å². The van der Waals surface area contributed by atoms with Crippen LogP contribution in [-0.2, 0) is 19.6 Å². The van der Waals surface area contributed by atoms with Crippen molar-refractivity contribution < 1.29 is 0 Å². The summed E-state index contributed by atoms with van der Waals surface area (Å²) in [5.41, 5.74) is 2.85. The van der Waals surface area contributed by atoms with Gasteiger partial charge in [-0.1, -0.05) is 49.6 Å². The lowest BCUT2D eigenvalue weighted by Crippen LogP contribution is -2.37. The predicted octanol–water partition coefficient (Wildman–Crippen LogP) is 3.30. The Hall–Kier alpha value is -3.03. The number of pyridine rings is 1. The van der Waals surface area contributed by atoms with E-state index >= 15 is 0 Å². The van der Waals surface area contributed by atoms with Gasteiger partial charge in [0.15, 0.2) is 0 Å². The van der Waals surface area contributed by atoms with Crippen molar-refractivity contribution in [2.75, 3.05) is 23.7 Å². The summed E-state index contributed by atoms with van der Waals surface area (Å²) >= 11 is 0. The fourth-order valence-electron chi connectivity index (χ4n) is 4.44. The molecule has 34 heavy (non-hydrogen) atoms. The minimum absolute atomic E-state index is 0.342. The molecule has 180 valence electrons. The maximum Gasteiger partial charge on any atom is 0.253 e. The zero-order chi connectivity index (χ0) is 23.6. The average molecular weight is 462 g/mol. The largest absolute Gasteiger partial charge is 0.376 e. The van der Waals surface area contributed by atoms with Crippen molar-refractivity contribution in [3.8, 4) is 0 Å². The van der Waals surface area contributed by atoms with Gasteiger partial charge in [-0.25, -0.2) is 0 Å². The minimum Gasteiger partial charge on any atom is -0.376 e. The molecular weight excluding hydrogens is 426 g/mol. The first-order valence-corrected chi connectivity index (χ1v) is 12.4. The number of anilines is 2. The zero-order valence-electron chi connectivity index (χ0n) is 19.7. The van der Waals surface area contributed by atoms with Crippen LogP contribution in [0.15, 0.2) is 58.3 Å². The Morgan fingerprint density at radius 2 is 1.44 bits per heavy atom. The van der Waals surface area contributed by atoms with Crippen molar-refractivity contribution in [3.63, 3.8) is 0 Å². The molecule has 1 aromatic heterocycles. The molecule has 4 rings (SSSR count). The summed E-state index contributed by atoms with van der Waals surface area (Å²) in [6.45, 7) is 3.82. The van der Waals surface area contributed by atoms with E-state index in [1.54, 1.807) is 6.20 Å². The fourth-order valence-corrected chi connectivity index (χ4v) is 4.44. The smallest absolute Gasteiger partial charge is 0.253 e. The van der Waals surface area contributed by atoms with Gasteiger partial charge in [0.1, 0.15) is 11.4 Å². The summed E-state index contributed by atoms with van der Waals surface area (Å²) < 4.78 is 0. The first-order chi connectivity index (χ1) is 16.7. The van der Waals surface area contributed by atoms with Gasteiger partial charge >= 0.3 is 0 Å². The van der Waals surface area contributed by atoms with E-state index in [1.807, 2.05) is 18.2 Å². The zero-order valence-corrected chi connectivity index (χ0v) is 19.7. The van der Waals surface area contributed by atoms with Crippen molar-refractivity contribution in [2.24, 2.45) is 0 Å². The van der Waals surface area contributed by atoms with Crippen molar-refractivity contribution in [2.45, 2.75) is 64.2 Å². The standard InChI is InChI=1S/C27H35N5O2/c33-26-24(25(27(26)34)32-19-23-9-4-5-15-30-23)31-18-21-12-10-20(11-13-21)17-28-14-6-16-29-22-7-2-1-3-8-22/h4-5,9-13,15,22,28-29,31-32H,1-3,6-8,14,16-19H2. The van der Waals surface area contributed by atoms with Crippen molar-refractivity contribution in [3.05, 3.63) is 85.9 Å². The maximum atomic E-state index is 12.0. The normalized spacial score (nSPS) is 14.4. The molecular formula is C27H35N5O2. The van der Waals surface area contributed by atoms with Crippen LogP contribution in [0.25, 0.3) is 0 Å². The average Bonchev–Trinajstić information content (AvgIpc) is 2.89. The van der Waals surface area contributed by atoms with Crippen LogP contribution in [0.3, 0.4) is 0 Å². The molecule has 3 aromatic rings. The van der Waals surface area contributed by atoms with E-state index in [1.165, 1.54) is 37.7 Å². The number of rotatable bonds is 13. The molecule has 1 fully saturated rings. The second-order valence-corrected chi connectivity index (χ2v) is 9.07. The summed E-state index contributed by atoms with van der Waals surface area (Å²) in [7, 11) is 0. The second kappa shape index (κ2) is 12.4. The highest BCUT2D eigenvalue weighted by Gasteiger charge is 2.20. The molecule has 1 aliphatic rings. The molecule has 0 bridgehead atoms. The molecule has 0 aliphatic heterocycles. The van der Waals surface area contributed by atoms with E-state index in [-0.39, 0.29) is 0 Å². The van der Waals surface area contributed by atoms with Gasteiger partial charge < -0.3 is 21.3 Å². The first kappa shape index (κ1) is 24.1. The van der Waals surface area contributed by atoms with Gasteiger partial charge in [0.25, 0.3) is 10.9 Å². The molecule has 0 spiro atoms. The van der Waals surface area contributed by atoms with Crippen LogP contribution >= 0.6 is 0 Å². The second-order valence-electron chi connectivity index (χ2n) is 9.07. The van der Waals surface area contributed by atoms with Gasteiger partial charge in [0, 0.05) is 25.3 Å². The van der Waals surface area contributed by atoms with Gasteiger partial charge in [0.2, 0.25) is 0 Å². The van der Waals surface area contributed by atoms with Crippen LogP contribution < -0.4 is 32.1 Å². The fraction of sp³-hybridized carbons (Fsp3) is 0.444. The molecule has 0 unspecified atom stereocenters. The molecule has 0 atom stereocenters. The predicted molar refractivity (Wildman–Crippen MR) is 138 cm³/mol. The third kappa shape index (κ3) is 6.74. The van der Waals surface area contributed by atoms with Gasteiger partial charge in [-0.05, 0) is 55.6 Å². The monoisotopic (exact) mass is 461 g/mol. The molecule has 1 heterocycles. The number of nitrogens with zero attached hydrogens (tertiary/aromatic N) is 1. The summed E-state index contributed by atoms with van der Waals surface area (Å²) in [5.74, 6) is 0. The van der Waals surface area contributed by atoms with Crippen LogP contribution in [0.4, 0.5) is 11.4 Å². The topological polar surface area (TPSA) is 95.2 Å². The summed E-state index contributed by atoms with van der Waals surface area (Å²) in [4.78, 5) is 28.2. The first-order valence-electron chi connectivity index (χ1n) is 12.4. The highest BCUT2D eigenvalue weighted by molar-refractivity contribution is 5.73. The van der Waals surface area contributed by atoms with Crippen LogP contribution in [-0.4, -0.2) is 24.1 Å². The van der Waals surface area contributed by atoms with Crippen LogP contribution in [0.1, 0.15) is 55.3 Å². The number of hydrogen-bond donors (Lipinski definition) is 4. The molecule has 7 heteroatoms. The summed E-state index contributed by atoms with van der Waals surface area (Å²) in [6.07, 6.45) is 9.65. The van der Waals surface area contributed by atoms with Crippen LogP contribution in [0, 0.1) is 0 Å². The SMILES string of the molecule is O=c1c(NCc2ccc(CNCCCNC3CCCCC3)cc2)c(NCc2ccccn2)c1=O. The number of hydrogen-bond acceptors (Lipinski definition) is 7. The molecule has 2 aromatic carbocycles. The van der Waals surface area contributed by atoms with E-state index < -0.39 is 10.9 Å². The van der Waals surface area contributed by atoms with Gasteiger partial charge in [0.05, 0.1) is 12.2 Å². The lowest BCUT2D eigenvalue weighted by atomic mass is 9.95. The Kier molecular flexibility index (Phi) is 8.82. The third-order valence-corrected chi connectivity index (χ3v) is 6.47. The number of benzene rings is 1. The molecule has 4 N–H and O–H groups in total. The molecule has 0 amide bonds. The van der Waals surface area contributed by atoms with E-state index in [0.717, 1.165) is 43.4 Å².